The second kappa shape index (κ2) is 7.46. The summed E-state index contributed by atoms with van der Waals surface area (Å²) in [5.41, 5.74) is 7.75. The van der Waals surface area contributed by atoms with Crippen LogP contribution in [-0.4, -0.2) is 0 Å². The normalized spacial score (nSPS) is 22.2. The maximum Gasteiger partial charge on any atom is -0.0193 e. The Morgan fingerprint density at radius 2 is 1.65 bits per heavy atom. The minimum absolute atomic E-state index is 0.917. The van der Waals surface area contributed by atoms with Gasteiger partial charge in [0.2, 0.25) is 0 Å². The maximum absolute atomic E-state index is 3.63. The van der Waals surface area contributed by atoms with E-state index in [9.17, 15) is 0 Å². The monoisotopic (exact) mass is 302 g/mol. The topological polar surface area (TPSA) is 0 Å². The van der Waals surface area contributed by atoms with Crippen molar-refractivity contribution in [3.8, 4) is 0 Å². The van der Waals surface area contributed by atoms with Gasteiger partial charge in [0, 0.05) is 0 Å². The highest BCUT2D eigenvalue weighted by Gasteiger charge is 2.23. The van der Waals surface area contributed by atoms with Crippen molar-refractivity contribution in [1.82, 2.24) is 0 Å². The Hall–Kier alpha value is -2.08. The fraction of sp³-hybridized carbons (Fsp3) is 0.304. The van der Waals surface area contributed by atoms with E-state index in [4.69, 9.17) is 0 Å². The molecule has 0 nitrogen and oxygen atoms in total. The van der Waals surface area contributed by atoms with Crippen LogP contribution in [0, 0.1) is 5.92 Å². The predicted molar refractivity (Wildman–Crippen MR) is 101 cm³/mol. The highest BCUT2D eigenvalue weighted by molar-refractivity contribution is 5.75. The molecule has 0 N–H and O–H groups in total. The zero-order chi connectivity index (χ0) is 16.1. The third-order valence-corrected chi connectivity index (χ3v) is 4.98. The molecule has 2 aliphatic rings. The highest BCUT2D eigenvalue weighted by Crippen LogP contribution is 2.41. The fourth-order valence-corrected chi connectivity index (χ4v) is 3.70. The first-order chi connectivity index (χ1) is 11.3. The first kappa shape index (κ1) is 15.8. The molecule has 1 unspecified atom stereocenters. The Kier molecular flexibility index (Phi) is 5.12. The van der Waals surface area contributed by atoms with Crippen LogP contribution in [0.4, 0.5) is 0 Å². The molecule has 2 aromatic rings. The van der Waals surface area contributed by atoms with Gasteiger partial charge in [-0.05, 0) is 60.3 Å². The molecule has 1 atom stereocenters. The lowest BCUT2D eigenvalue weighted by atomic mass is 10.00. The standard InChI is InChI=1S/C15H18.C8H8/c1-11-6-7-13(10-11)15-9-8-12-4-2-3-5-14(12)15;1-2-8-6-4-3-5-7-8/h2-5,11H,6-10H2,1H3;2-7H,1H2. The van der Waals surface area contributed by atoms with Crippen LogP contribution in [-0.2, 0) is 6.42 Å². The number of allylic oxidation sites excluding steroid dienone is 2. The van der Waals surface area contributed by atoms with Crippen LogP contribution in [0.2, 0.25) is 0 Å². The summed E-state index contributed by atoms with van der Waals surface area (Å²) in [4.78, 5) is 0. The number of hydrogen-bond acceptors (Lipinski definition) is 0. The quantitative estimate of drug-likeness (QED) is 0.561. The zero-order valence-electron chi connectivity index (χ0n) is 14.1. The van der Waals surface area contributed by atoms with E-state index >= 15 is 0 Å². The van der Waals surface area contributed by atoms with Crippen molar-refractivity contribution >= 4 is 11.6 Å². The van der Waals surface area contributed by atoms with Gasteiger partial charge in [-0.2, -0.15) is 0 Å². The van der Waals surface area contributed by atoms with Crippen LogP contribution in [0.3, 0.4) is 0 Å². The average molecular weight is 302 g/mol. The van der Waals surface area contributed by atoms with Crippen molar-refractivity contribution in [1.29, 1.82) is 0 Å². The number of fused-ring (bicyclic) bond motifs is 1. The van der Waals surface area contributed by atoms with Gasteiger partial charge in [0.25, 0.3) is 0 Å². The number of benzene rings is 2. The van der Waals surface area contributed by atoms with Crippen molar-refractivity contribution in [3.63, 3.8) is 0 Å². The van der Waals surface area contributed by atoms with Crippen LogP contribution in [0.25, 0.3) is 11.6 Å². The third kappa shape index (κ3) is 3.82. The lowest BCUT2D eigenvalue weighted by Gasteiger charge is -2.05. The van der Waals surface area contributed by atoms with Gasteiger partial charge in [-0.25, -0.2) is 0 Å². The van der Waals surface area contributed by atoms with E-state index in [0.29, 0.717) is 0 Å². The summed E-state index contributed by atoms with van der Waals surface area (Å²) in [5.74, 6) is 0.917. The van der Waals surface area contributed by atoms with Gasteiger partial charge in [-0.15, -0.1) is 0 Å². The fourth-order valence-electron chi connectivity index (χ4n) is 3.70. The van der Waals surface area contributed by atoms with Gasteiger partial charge in [0.05, 0.1) is 0 Å². The molecule has 0 heterocycles. The second-order valence-corrected chi connectivity index (χ2v) is 6.70. The summed E-state index contributed by atoms with van der Waals surface area (Å²) in [5, 5.41) is 0. The molecule has 0 saturated heterocycles. The van der Waals surface area contributed by atoms with Crippen molar-refractivity contribution in [2.45, 2.75) is 39.0 Å². The van der Waals surface area contributed by atoms with Gasteiger partial charge in [0.1, 0.15) is 0 Å². The predicted octanol–water partition coefficient (Wildman–Crippen LogP) is 6.54. The molecule has 0 bridgehead atoms. The molecule has 118 valence electrons. The van der Waals surface area contributed by atoms with E-state index in [1.54, 1.807) is 22.3 Å². The molecule has 1 saturated carbocycles. The minimum atomic E-state index is 0.917. The van der Waals surface area contributed by atoms with Gasteiger partial charge in [-0.3, -0.25) is 0 Å². The van der Waals surface area contributed by atoms with E-state index in [-0.39, 0.29) is 0 Å². The van der Waals surface area contributed by atoms with E-state index < -0.39 is 0 Å². The maximum atomic E-state index is 3.63. The summed E-state index contributed by atoms with van der Waals surface area (Å²) < 4.78 is 0. The largest absolute Gasteiger partial charge is 0.0985 e. The van der Waals surface area contributed by atoms with Crippen LogP contribution < -0.4 is 0 Å². The van der Waals surface area contributed by atoms with Gasteiger partial charge in [-0.1, -0.05) is 79.7 Å². The van der Waals surface area contributed by atoms with E-state index in [1.165, 1.54) is 37.7 Å². The van der Waals surface area contributed by atoms with Crippen LogP contribution in [0.15, 0.2) is 66.7 Å². The second-order valence-electron chi connectivity index (χ2n) is 6.70. The SMILES string of the molecule is C=Cc1ccccc1.CC1CCC(=C2CCc3ccccc32)C1. The molecule has 2 aromatic carbocycles. The minimum Gasteiger partial charge on any atom is -0.0985 e. The molecule has 2 aliphatic carbocycles. The lowest BCUT2D eigenvalue weighted by Crippen LogP contribution is -1.85. The molecule has 1 fully saturated rings. The van der Waals surface area contributed by atoms with Crippen molar-refractivity contribution in [2.24, 2.45) is 5.92 Å². The molecule has 23 heavy (non-hydrogen) atoms. The van der Waals surface area contributed by atoms with Gasteiger partial charge < -0.3 is 0 Å². The summed E-state index contributed by atoms with van der Waals surface area (Å²) >= 11 is 0. The van der Waals surface area contributed by atoms with Crippen molar-refractivity contribution in [3.05, 3.63) is 83.4 Å². The smallest absolute Gasteiger partial charge is 0.0193 e. The zero-order valence-corrected chi connectivity index (χ0v) is 14.1. The first-order valence-corrected chi connectivity index (χ1v) is 8.74. The molecule has 0 heteroatoms. The molecule has 0 aromatic heterocycles. The van der Waals surface area contributed by atoms with E-state index in [1.807, 2.05) is 36.4 Å². The molecule has 0 spiro atoms. The summed E-state index contributed by atoms with van der Waals surface area (Å²) in [6.45, 7) is 6.01. The molecule has 0 aliphatic heterocycles. The van der Waals surface area contributed by atoms with Crippen LogP contribution in [0.1, 0.15) is 49.3 Å². The third-order valence-electron chi connectivity index (χ3n) is 4.98. The number of rotatable bonds is 1. The van der Waals surface area contributed by atoms with E-state index in [2.05, 4.69) is 37.8 Å². The highest BCUT2D eigenvalue weighted by atomic mass is 14.3. The Morgan fingerprint density at radius 3 is 2.30 bits per heavy atom. The molecule has 0 amide bonds. The molecule has 4 rings (SSSR count). The summed E-state index contributed by atoms with van der Waals surface area (Å²) in [7, 11) is 0. The number of aryl methyl sites for hydroxylation is 1. The first-order valence-electron chi connectivity index (χ1n) is 8.74. The van der Waals surface area contributed by atoms with Crippen molar-refractivity contribution in [2.75, 3.05) is 0 Å². The summed E-state index contributed by atoms with van der Waals surface area (Å²) in [6, 6.07) is 19.0. The van der Waals surface area contributed by atoms with Crippen LogP contribution in [0.5, 0.6) is 0 Å². The van der Waals surface area contributed by atoms with Crippen LogP contribution >= 0.6 is 0 Å². The number of hydrogen-bond donors (Lipinski definition) is 0. The Balaban J connectivity index is 0.000000166. The molecule has 0 radical (unpaired) electrons. The van der Waals surface area contributed by atoms with Gasteiger partial charge in [0.15, 0.2) is 0 Å². The Morgan fingerprint density at radius 1 is 0.913 bits per heavy atom. The molecular weight excluding hydrogens is 276 g/mol. The van der Waals surface area contributed by atoms with E-state index in [0.717, 1.165) is 5.92 Å². The van der Waals surface area contributed by atoms with Gasteiger partial charge >= 0.3 is 0 Å². The Bertz CT molecular complexity index is 691. The average Bonchev–Trinajstić information content (AvgIpc) is 3.22. The lowest BCUT2D eigenvalue weighted by molar-refractivity contribution is 0.620. The summed E-state index contributed by atoms with van der Waals surface area (Å²) in [6.07, 6.45) is 8.50. The van der Waals surface area contributed by atoms with Crippen molar-refractivity contribution < 1.29 is 0 Å². The molecular formula is C23H26. The Labute approximate surface area is 140 Å².